The van der Waals surface area contributed by atoms with Gasteiger partial charge in [-0.05, 0) is 51.1 Å². The van der Waals surface area contributed by atoms with E-state index in [0.717, 1.165) is 16.6 Å². The number of nitrogens with one attached hydrogen (secondary N) is 1. The molecule has 1 heterocycles. The van der Waals surface area contributed by atoms with E-state index in [1.165, 1.54) is 0 Å². The first kappa shape index (κ1) is 16.1. The Hall–Kier alpha value is -2.75. The molecular weight excluding hydrogens is 300 g/mol. The van der Waals surface area contributed by atoms with Crippen molar-refractivity contribution in [1.82, 2.24) is 4.57 Å². The summed E-state index contributed by atoms with van der Waals surface area (Å²) in [6.07, 6.45) is 2.05. The maximum atomic E-state index is 12.7. The number of amides is 1. The lowest BCUT2D eigenvalue weighted by Crippen LogP contribution is -2.13. The van der Waals surface area contributed by atoms with Crippen molar-refractivity contribution in [2.45, 2.75) is 26.8 Å². The molecule has 4 nitrogen and oxygen atoms in total. The van der Waals surface area contributed by atoms with Gasteiger partial charge < -0.3 is 14.6 Å². The van der Waals surface area contributed by atoms with Crippen molar-refractivity contribution >= 4 is 22.5 Å². The number of nitrogens with zero attached hydrogens (tertiary/aromatic N) is 1. The van der Waals surface area contributed by atoms with E-state index in [0.29, 0.717) is 24.0 Å². The molecule has 1 N–H and O–H groups in total. The lowest BCUT2D eigenvalue weighted by atomic mass is 10.1. The minimum absolute atomic E-state index is 0.163. The zero-order valence-electron chi connectivity index (χ0n) is 14.2. The highest BCUT2D eigenvalue weighted by molar-refractivity contribution is 6.10. The van der Waals surface area contributed by atoms with Crippen LogP contribution in [-0.2, 0) is 0 Å². The van der Waals surface area contributed by atoms with Gasteiger partial charge in [0.15, 0.2) is 0 Å². The molecule has 0 bridgehead atoms. The molecule has 2 aromatic carbocycles. The first-order valence-electron chi connectivity index (χ1n) is 8.24. The molecule has 0 atom stereocenters. The Labute approximate surface area is 142 Å². The van der Waals surface area contributed by atoms with Crippen LogP contribution in [0.25, 0.3) is 10.9 Å². The predicted octanol–water partition coefficient (Wildman–Crippen LogP) is 4.87. The monoisotopic (exact) mass is 322 g/mol. The molecule has 1 aromatic heterocycles. The molecule has 1 amide bonds. The van der Waals surface area contributed by atoms with Gasteiger partial charge in [0.25, 0.3) is 5.91 Å². The van der Waals surface area contributed by atoms with Gasteiger partial charge in [-0.15, -0.1) is 0 Å². The molecule has 4 heteroatoms. The second-order valence-electron chi connectivity index (χ2n) is 5.94. The molecule has 0 fully saturated rings. The van der Waals surface area contributed by atoms with Gasteiger partial charge in [-0.25, -0.2) is 0 Å². The first-order chi connectivity index (χ1) is 11.6. The number of carbonyl (C=O) groups excluding carboxylic acids is 1. The van der Waals surface area contributed by atoms with Gasteiger partial charge in [0.05, 0.1) is 23.4 Å². The van der Waals surface area contributed by atoms with Gasteiger partial charge in [-0.2, -0.15) is 0 Å². The van der Waals surface area contributed by atoms with Crippen molar-refractivity contribution in [2.24, 2.45) is 0 Å². The summed E-state index contributed by atoms with van der Waals surface area (Å²) >= 11 is 0. The quantitative estimate of drug-likeness (QED) is 0.728. The van der Waals surface area contributed by atoms with Gasteiger partial charge in [-0.3, -0.25) is 4.79 Å². The summed E-state index contributed by atoms with van der Waals surface area (Å²) in [5.41, 5.74) is 2.46. The summed E-state index contributed by atoms with van der Waals surface area (Å²) < 4.78 is 7.75. The average molecular weight is 322 g/mol. The van der Waals surface area contributed by atoms with E-state index in [9.17, 15) is 4.79 Å². The van der Waals surface area contributed by atoms with Gasteiger partial charge >= 0.3 is 0 Å². The zero-order chi connectivity index (χ0) is 17.1. The molecule has 0 unspecified atom stereocenters. The SMILES string of the molecule is CCOc1ccccc1C(=O)Nc1cccc2c1ccn2C(C)C. The summed E-state index contributed by atoms with van der Waals surface area (Å²) in [6.45, 7) is 6.72. The number of rotatable bonds is 5. The second kappa shape index (κ2) is 6.79. The highest BCUT2D eigenvalue weighted by Gasteiger charge is 2.14. The summed E-state index contributed by atoms with van der Waals surface area (Å²) in [5, 5.41) is 4.06. The molecule has 0 aliphatic carbocycles. The van der Waals surface area contributed by atoms with Crippen molar-refractivity contribution in [3.8, 4) is 5.75 Å². The van der Waals surface area contributed by atoms with E-state index in [2.05, 4.69) is 36.0 Å². The summed E-state index contributed by atoms with van der Waals surface area (Å²) in [6, 6.07) is 15.7. The highest BCUT2D eigenvalue weighted by Crippen LogP contribution is 2.28. The Morgan fingerprint density at radius 1 is 1.12 bits per heavy atom. The number of aromatic nitrogens is 1. The van der Waals surface area contributed by atoms with Crippen LogP contribution in [0.3, 0.4) is 0 Å². The minimum atomic E-state index is -0.163. The van der Waals surface area contributed by atoms with Crippen LogP contribution in [0.5, 0.6) is 5.75 Å². The minimum Gasteiger partial charge on any atom is -0.493 e. The second-order valence-corrected chi connectivity index (χ2v) is 5.94. The normalized spacial score (nSPS) is 11.0. The van der Waals surface area contributed by atoms with Gasteiger partial charge in [0.1, 0.15) is 5.75 Å². The van der Waals surface area contributed by atoms with Crippen LogP contribution < -0.4 is 10.1 Å². The van der Waals surface area contributed by atoms with Gasteiger partial charge in [-0.1, -0.05) is 18.2 Å². The molecule has 124 valence electrons. The van der Waals surface area contributed by atoms with E-state index in [1.807, 2.05) is 43.3 Å². The van der Waals surface area contributed by atoms with Crippen molar-refractivity contribution < 1.29 is 9.53 Å². The maximum Gasteiger partial charge on any atom is 0.259 e. The molecule has 0 aliphatic rings. The van der Waals surface area contributed by atoms with E-state index >= 15 is 0 Å². The van der Waals surface area contributed by atoms with Gasteiger partial charge in [0.2, 0.25) is 0 Å². The van der Waals surface area contributed by atoms with E-state index < -0.39 is 0 Å². The number of hydrogen-bond acceptors (Lipinski definition) is 2. The first-order valence-corrected chi connectivity index (χ1v) is 8.24. The smallest absolute Gasteiger partial charge is 0.259 e. The molecule has 0 saturated heterocycles. The Balaban J connectivity index is 1.94. The van der Waals surface area contributed by atoms with Crippen LogP contribution in [0.2, 0.25) is 0 Å². The average Bonchev–Trinajstić information content (AvgIpc) is 3.01. The third kappa shape index (κ3) is 3.00. The fourth-order valence-electron chi connectivity index (χ4n) is 2.87. The van der Waals surface area contributed by atoms with Crippen LogP contribution in [0.15, 0.2) is 54.7 Å². The van der Waals surface area contributed by atoms with E-state index in [4.69, 9.17) is 4.74 Å². The van der Waals surface area contributed by atoms with Crippen LogP contribution in [0, 0.1) is 0 Å². The van der Waals surface area contributed by atoms with Crippen LogP contribution >= 0.6 is 0 Å². The Morgan fingerprint density at radius 2 is 1.92 bits per heavy atom. The number of anilines is 1. The number of fused-ring (bicyclic) bond motifs is 1. The maximum absolute atomic E-state index is 12.7. The fraction of sp³-hybridized carbons (Fsp3) is 0.250. The van der Waals surface area contributed by atoms with Crippen molar-refractivity contribution in [2.75, 3.05) is 11.9 Å². The standard InChI is InChI=1S/C20H22N2O2/c1-4-24-19-11-6-5-8-16(19)20(23)21-17-9-7-10-18-15(17)12-13-22(18)14(2)3/h5-14H,4H2,1-3H3,(H,21,23). The summed E-state index contributed by atoms with van der Waals surface area (Å²) in [4.78, 5) is 12.7. The van der Waals surface area contributed by atoms with Crippen LogP contribution in [-0.4, -0.2) is 17.1 Å². The van der Waals surface area contributed by atoms with Crippen molar-refractivity contribution in [1.29, 1.82) is 0 Å². The number of carbonyl (C=O) groups is 1. The highest BCUT2D eigenvalue weighted by atomic mass is 16.5. The van der Waals surface area contributed by atoms with E-state index in [1.54, 1.807) is 6.07 Å². The number of benzene rings is 2. The van der Waals surface area contributed by atoms with Crippen molar-refractivity contribution in [3.05, 3.63) is 60.3 Å². The Kier molecular flexibility index (Phi) is 4.56. The fourth-order valence-corrected chi connectivity index (χ4v) is 2.87. The molecule has 0 saturated carbocycles. The Morgan fingerprint density at radius 3 is 2.67 bits per heavy atom. The van der Waals surface area contributed by atoms with E-state index in [-0.39, 0.29) is 5.91 Å². The number of para-hydroxylation sites is 1. The molecule has 0 aliphatic heterocycles. The van der Waals surface area contributed by atoms with Crippen LogP contribution in [0.4, 0.5) is 5.69 Å². The molecule has 24 heavy (non-hydrogen) atoms. The lowest BCUT2D eigenvalue weighted by Gasteiger charge is -2.12. The van der Waals surface area contributed by atoms with Crippen LogP contribution in [0.1, 0.15) is 37.2 Å². The predicted molar refractivity (Wildman–Crippen MR) is 97.9 cm³/mol. The summed E-state index contributed by atoms with van der Waals surface area (Å²) in [7, 11) is 0. The largest absolute Gasteiger partial charge is 0.493 e. The topological polar surface area (TPSA) is 43.3 Å². The third-order valence-corrected chi connectivity index (χ3v) is 4.00. The molecule has 0 spiro atoms. The number of ether oxygens (including phenoxy) is 1. The molecular formula is C20H22N2O2. The third-order valence-electron chi connectivity index (χ3n) is 4.00. The lowest BCUT2D eigenvalue weighted by molar-refractivity contribution is 0.102. The summed E-state index contributed by atoms with van der Waals surface area (Å²) in [5.74, 6) is 0.438. The van der Waals surface area contributed by atoms with Crippen molar-refractivity contribution in [3.63, 3.8) is 0 Å². The Bertz CT molecular complexity index is 865. The van der Waals surface area contributed by atoms with Gasteiger partial charge in [0, 0.05) is 17.6 Å². The zero-order valence-corrected chi connectivity index (χ0v) is 14.2. The molecule has 3 aromatic rings. The molecule has 0 radical (unpaired) electrons. The molecule has 3 rings (SSSR count). The number of hydrogen-bond donors (Lipinski definition) is 1.